The zero-order valence-corrected chi connectivity index (χ0v) is 10.4. The predicted molar refractivity (Wildman–Crippen MR) is 66.8 cm³/mol. The van der Waals surface area contributed by atoms with Gasteiger partial charge in [0, 0.05) is 38.6 Å². The van der Waals surface area contributed by atoms with Gasteiger partial charge in [-0.25, -0.2) is 0 Å². The third-order valence-electron chi connectivity index (χ3n) is 3.65. The molecule has 0 aromatic heterocycles. The molecule has 0 spiro atoms. The average Bonchev–Trinajstić information content (AvgIpc) is 2.70. The van der Waals surface area contributed by atoms with E-state index in [1.807, 2.05) is 11.0 Å². The Kier molecular flexibility index (Phi) is 4.57. The van der Waals surface area contributed by atoms with E-state index >= 15 is 0 Å². The summed E-state index contributed by atoms with van der Waals surface area (Å²) in [7, 11) is 0. The number of likely N-dealkylation sites (tertiary alicyclic amines) is 1. The molecule has 4 nitrogen and oxygen atoms in total. The summed E-state index contributed by atoms with van der Waals surface area (Å²) in [6, 6.07) is 0.390. The number of morpholine rings is 1. The first-order valence-corrected chi connectivity index (χ1v) is 6.51. The van der Waals surface area contributed by atoms with Gasteiger partial charge in [-0.2, -0.15) is 0 Å². The lowest BCUT2D eigenvalue weighted by molar-refractivity contribution is -0.129. The Bertz CT molecular complexity index is 275. The molecule has 17 heavy (non-hydrogen) atoms. The number of hydrogen-bond acceptors (Lipinski definition) is 3. The summed E-state index contributed by atoms with van der Waals surface area (Å²) in [6.07, 6.45) is 4.55. The van der Waals surface area contributed by atoms with E-state index < -0.39 is 0 Å². The fraction of sp³-hybridized carbons (Fsp3) is 0.769. The smallest absolute Gasteiger partial charge is 0.222 e. The van der Waals surface area contributed by atoms with E-state index in [1.165, 1.54) is 0 Å². The maximum Gasteiger partial charge on any atom is 0.222 e. The van der Waals surface area contributed by atoms with Crippen LogP contribution in [-0.2, 0) is 9.53 Å². The summed E-state index contributed by atoms with van der Waals surface area (Å²) in [4.78, 5) is 16.2. The van der Waals surface area contributed by atoms with Crippen molar-refractivity contribution in [2.24, 2.45) is 0 Å². The number of amides is 1. The molecule has 1 atom stereocenters. The van der Waals surface area contributed by atoms with Crippen LogP contribution in [0.4, 0.5) is 0 Å². The van der Waals surface area contributed by atoms with E-state index in [9.17, 15) is 4.79 Å². The summed E-state index contributed by atoms with van der Waals surface area (Å²) in [5.74, 6) is 0.310. The van der Waals surface area contributed by atoms with Gasteiger partial charge in [0.05, 0.1) is 13.2 Å². The fourth-order valence-electron chi connectivity index (χ4n) is 2.61. The Labute approximate surface area is 103 Å². The molecule has 2 rings (SSSR count). The molecule has 0 radical (unpaired) electrons. The highest BCUT2D eigenvalue weighted by molar-refractivity contribution is 5.78. The van der Waals surface area contributed by atoms with E-state index in [-0.39, 0.29) is 0 Å². The summed E-state index contributed by atoms with van der Waals surface area (Å²) >= 11 is 0. The van der Waals surface area contributed by atoms with Crippen molar-refractivity contribution in [2.75, 3.05) is 39.4 Å². The van der Waals surface area contributed by atoms with E-state index in [1.54, 1.807) is 0 Å². The van der Waals surface area contributed by atoms with Crippen molar-refractivity contribution in [2.45, 2.75) is 25.3 Å². The van der Waals surface area contributed by atoms with Gasteiger partial charge in [-0.15, -0.1) is 6.58 Å². The van der Waals surface area contributed by atoms with Crippen LogP contribution in [0.2, 0.25) is 0 Å². The minimum absolute atomic E-state index is 0.310. The number of carbonyl (C=O) groups excluding carboxylic acids is 1. The Morgan fingerprint density at radius 1 is 1.35 bits per heavy atom. The van der Waals surface area contributed by atoms with E-state index in [4.69, 9.17) is 4.74 Å². The van der Waals surface area contributed by atoms with Crippen LogP contribution >= 0.6 is 0 Å². The molecule has 4 heteroatoms. The zero-order valence-electron chi connectivity index (χ0n) is 10.4. The lowest BCUT2D eigenvalue weighted by Crippen LogP contribution is -2.43. The number of carbonyl (C=O) groups is 1. The highest BCUT2D eigenvalue weighted by atomic mass is 16.5. The van der Waals surface area contributed by atoms with Crippen LogP contribution in [0, 0.1) is 0 Å². The van der Waals surface area contributed by atoms with Gasteiger partial charge in [0.15, 0.2) is 0 Å². The molecule has 2 heterocycles. The standard InChI is InChI=1S/C13H22N2O2/c1-2-3-12-4-5-13(16)15(12)7-6-14-8-10-17-11-9-14/h2,12H,1,3-11H2. The number of rotatable bonds is 5. The second-order valence-corrected chi connectivity index (χ2v) is 4.76. The van der Waals surface area contributed by atoms with Crippen LogP contribution in [0.3, 0.4) is 0 Å². The van der Waals surface area contributed by atoms with Gasteiger partial charge in [0.2, 0.25) is 5.91 Å². The van der Waals surface area contributed by atoms with Gasteiger partial charge in [-0.05, 0) is 12.8 Å². The molecular weight excluding hydrogens is 216 g/mol. The Balaban J connectivity index is 1.79. The second kappa shape index (κ2) is 6.17. The molecule has 0 N–H and O–H groups in total. The molecule has 1 unspecified atom stereocenters. The summed E-state index contributed by atoms with van der Waals surface area (Å²) in [5, 5.41) is 0. The van der Waals surface area contributed by atoms with Gasteiger partial charge >= 0.3 is 0 Å². The summed E-state index contributed by atoms with van der Waals surface area (Å²) in [6.45, 7) is 9.24. The average molecular weight is 238 g/mol. The normalized spacial score (nSPS) is 26.5. The summed E-state index contributed by atoms with van der Waals surface area (Å²) in [5.41, 5.74) is 0. The molecule has 0 aromatic rings. The molecule has 2 aliphatic heterocycles. The van der Waals surface area contributed by atoms with Crippen LogP contribution in [0.25, 0.3) is 0 Å². The van der Waals surface area contributed by atoms with Crippen LogP contribution in [0.15, 0.2) is 12.7 Å². The van der Waals surface area contributed by atoms with Gasteiger partial charge in [-0.1, -0.05) is 6.08 Å². The Morgan fingerprint density at radius 2 is 2.12 bits per heavy atom. The van der Waals surface area contributed by atoms with Crippen LogP contribution in [-0.4, -0.2) is 61.1 Å². The van der Waals surface area contributed by atoms with E-state index in [0.29, 0.717) is 18.4 Å². The third-order valence-corrected chi connectivity index (χ3v) is 3.65. The quantitative estimate of drug-likeness (QED) is 0.667. The molecule has 1 amide bonds. The molecule has 2 aliphatic rings. The zero-order chi connectivity index (χ0) is 12.1. The van der Waals surface area contributed by atoms with Gasteiger partial charge in [-0.3, -0.25) is 9.69 Å². The topological polar surface area (TPSA) is 32.8 Å². The number of hydrogen-bond donors (Lipinski definition) is 0. The molecule has 2 saturated heterocycles. The van der Waals surface area contributed by atoms with Crippen molar-refractivity contribution in [1.82, 2.24) is 9.80 Å². The van der Waals surface area contributed by atoms with Gasteiger partial charge in [0.25, 0.3) is 0 Å². The minimum Gasteiger partial charge on any atom is -0.379 e. The maximum absolute atomic E-state index is 11.8. The largest absolute Gasteiger partial charge is 0.379 e. The number of nitrogens with zero attached hydrogens (tertiary/aromatic N) is 2. The molecule has 0 aliphatic carbocycles. The predicted octanol–water partition coefficient (Wildman–Crippen LogP) is 0.886. The van der Waals surface area contributed by atoms with Crippen molar-refractivity contribution < 1.29 is 9.53 Å². The van der Waals surface area contributed by atoms with Crippen LogP contribution in [0.1, 0.15) is 19.3 Å². The van der Waals surface area contributed by atoms with Gasteiger partial charge in [0.1, 0.15) is 0 Å². The van der Waals surface area contributed by atoms with E-state index in [0.717, 1.165) is 52.2 Å². The molecule has 96 valence electrons. The Morgan fingerprint density at radius 3 is 2.82 bits per heavy atom. The van der Waals surface area contributed by atoms with Crippen LogP contribution in [0.5, 0.6) is 0 Å². The monoisotopic (exact) mass is 238 g/mol. The lowest BCUT2D eigenvalue weighted by atomic mass is 10.1. The van der Waals surface area contributed by atoms with Crippen molar-refractivity contribution in [3.8, 4) is 0 Å². The highest BCUT2D eigenvalue weighted by Crippen LogP contribution is 2.21. The highest BCUT2D eigenvalue weighted by Gasteiger charge is 2.29. The molecule has 2 fully saturated rings. The van der Waals surface area contributed by atoms with Crippen molar-refractivity contribution in [3.63, 3.8) is 0 Å². The second-order valence-electron chi connectivity index (χ2n) is 4.76. The lowest BCUT2D eigenvalue weighted by Gasteiger charge is -2.30. The Hall–Kier alpha value is -0.870. The molecule has 0 aromatic carbocycles. The SMILES string of the molecule is C=CCC1CCC(=O)N1CCN1CCOCC1. The summed E-state index contributed by atoms with van der Waals surface area (Å²) < 4.78 is 5.32. The minimum atomic E-state index is 0.310. The van der Waals surface area contributed by atoms with Crippen molar-refractivity contribution in [3.05, 3.63) is 12.7 Å². The maximum atomic E-state index is 11.8. The van der Waals surface area contributed by atoms with E-state index in [2.05, 4.69) is 11.5 Å². The molecule has 0 saturated carbocycles. The first-order valence-electron chi connectivity index (χ1n) is 6.51. The fourth-order valence-corrected chi connectivity index (χ4v) is 2.61. The first kappa shape index (κ1) is 12.6. The van der Waals surface area contributed by atoms with Crippen molar-refractivity contribution in [1.29, 1.82) is 0 Å². The van der Waals surface area contributed by atoms with Crippen LogP contribution < -0.4 is 0 Å². The van der Waals surface area contributed by atoms with Crippen molar-refractivity contribution >= 4 is 5.91 Å². The van der Waals surface area contributed by atoms with Gasteiger partial charge < -0.3 is 9.64 Å². The third kappa shape index (κ3) is 3.30. The number of ether oxygens (including phenoxy) is 1. The molecular formula is C13H22N2O2. The molecule has 0 bridgehead atoms. The first-order chi connectivity index (χ1) is 8.31.